The van der Waals surface area contributed by atoms with Crippen molar-refractivity contribution in [2.24, 2.45) is 0 Å². The maximum atomic E-state index is 13.0. The number of anilines is 1. The molecule has 1 fully saturated rings. The summed E-state index contributed by atoms with van der Waals surface area (Å²) in [7, 11) is 3.23. The lowest BCUT2D eigenvalue weighted by Gasteiger charge is -2.25. The molecule has 1 aliphatic rings. The first-order valence-corrected chi connectivity index (χ1v) is 11.4. The van der Waals surface area contributed by atoms with E-state index in [0.29, 0.717) is 36.1 Å². The number of urea groups is 1. The van der Waals surface area contributed by atoms with Crippen LogP contribution in [0.15, 0.2) is 72.8 Å². The second kappa shape index (κ2) is 10.3. The van der Waals surface area contributed by atoms with E-state index in [0.717, 1.165) is 16.9 Å². The standard InChI is InChI=1S/C25H26N2O4S/c1-29-21-10-6-9-20(16-21)26-25(28)27-13-14-32-24(27)19-11-12-22(23(15-19)30-2)31-17-18-7-4-3-5-8-18/h3-12,15-16,24H,13-14,17H2,1-2H3,(H,26,28). The zero-order valence-corrected chi connectivity index (χ0v) is 18.9. The molecule has 1 atom stereocenters. The lowest BCUT2D eigenvalue weighted by atomic mass is 10.1. The number of carbonyl (C=O) groups excluding carboxylic acids is 1. The smallest absolute Gasteiger partial charge is 0.323 e. The number of thioether (sulfide) groups is 1. The average molecular weight is 451 g/mol. The van der Waals surface area contributed by atoms with Crippen LogP contribution in [0.3, 0.4) is 0 Å². The van der Waals surface area contributed by atoms with E-state index in [9.17, 15) is 4.79 Å². The van der Waals surface area contributed by atoms with E-state index in [4.69, 9.17) is 14.2 Å². The van der Waals surface area contributed by atoms with Crippen LogP contribution in [0.1, 0.15) is 16.5 Å². The van der Waals surface area contributed by atoms with Gasteiger partial charge in [0.2, 0.25) is 0 Å². The van der Waals surface area contributed by atoms with Gasteiger partial charge in [-0.1, -0.05) is 42.5 Å². The van der Waals surface area contributed by atoms with E-state index in [1.54, 1.807) is 32.0 Å². The fraction of sp³-hybridized carbons (Fsp3) is 0.240. The Hall–Kier alpha value is -3.32. The molecule has 6 nitrogen and oxygen atoms in total. The molecular weight excluding hydrogens is 424 g/mol. The lowest BCUT2D eigenvalue weighted by molar-refractivity contribution is 0.214. The Labute approximate surface area is 192 Å². The second-order valence-corrected chi connectivity index (χ2v) is 8.45. The van der Waals surface area contributed by atoms with Gasteiger partial charge in [0.05, 0.1) is 14.2 Å². The molecule has 1 saturated heterocycles. The Morgan fingerprint density at radius 3 is 2.62 bits per heavy atom. The Balaban J connectivity index is 1.47. The highest BCUT2D eigenvalue weighted by atomic mass is 32.2. The SMILES string of the molecule is COc1cccc(NC(=O)N2CCSC2c2ccc(OCc3ccccc3)c(OC)c2)c1. The third-order valence-corrected chi connectivity index (χ3v) is 6.44. The van der Waals surface area contributed by atoms with Crippen LogP contribution in [0.25, 0.3) is 0 Å². The largest absolute Gasteiger partial charge is 0.497 e. The summed E-state index contributed by atoms with van der Waals surface area (Å²) in [5.74, 6) is 2.89. The molecule has 4 rings (SSSR count). The van der Waals surface area contributed by atoms with Gasteiger partial charge in [-0.05, 0) is 35.4 Å². The van der Waals surface area contributed by atoms with Crippen LogP contribution in [0.5, 0.6) is 17.2 Å². The van der Waals surface area contributed by atoms with Crippen molar-refractivity contribution in [3.63, 3.8) is 0 Å². The fourth-order valence-corrected chi connectivity index (χ4v) is 4.79. The number of methoxy groups -OCH3 is 2. The summed E-state index contributed by atoms with van der Waals surface area (Å²) < 4.78 is 16.8. The van der Waals surface area contributed by atoms with Crippen molar-refractivity contribution in [3.8, 4) is 17.2 Å². The van der Waals surface area contributed by atoms with E-state index in [2.05, 4.69) is 5.32 Å². The van der Waals surface area contributed by atoms with Crippen molar-refractivity contribution in [2.75, 3.05) is 31.8 Å². The quantitative estimate of drug-likeness (QED) is 0.511. The van der Waals surface area contributed by atoms with Gasteiger partial charge in [0.1, 0.15) is 17.7 Å². The van der Waals surface area contributed by atoms with E-state index in [1.807, 2.05) is 71.6 Å². The summed E-state index contributed by atoms with van der Waals surface area (Å²) in [6.45, 7) is 1.13. The average Bonchev–Trinajstić information content (AvgIpc) is 3.33. The number of nitrogens with one attached hydrogen (secondary N) is 1. The van der Waals surface area contributed by atoms with Crippen molar-refractivity contribution in [3.05, 3.63) is 83.9 Å². The summed E-state index contributed by atoms with van der Waals surface area (Å²) in [5.41, 5.74) is 2.79. The van der Waals surface area contributed by atoms with Gasteiger partial charge in [0.15, 0.2) is 11.5 Å². The molecule has 0 aromatic heterocycles. The fourth-order valence-electron chi connectivity index (χ4n) is 3.54. The van der Waals surface area contributed by atoms with E-state index in [1.165, 1.54) is 0 Å². The first kappa shape index (κ1) is 21.9. The predicted octanol–water partition coefficient (Wildman–Crippen LogP) is 5.56. The van der Waals surface area contributed by atoms with E-state index in [-0.39, 0.29) is 11.4 Å². The zero-order valence-electron chi connectivity index (χ0n) is 18.1. The minimum Gasteiger partial charge on any atom is -0.497 e. The van der Waals surface area contributed by atoms with Crippen molar-refractivity contribution < 1.29 is 19.0 Å². The molecule has 0 spiro atoms. The van der Waals surface area contributed by atoms with Gasteiger partial charge in [-0.15, -0.1) is 11.8 Å². The molecule has 1 N–H and O–H groups in total. The molecule has 1 heterocycles. The third-order valence-electron chi connectivity index (χ3n) is 5.18. The Morgan fingerprint density at radius 2 is 1.84 bits per heavy atom. The minimum atomic E-state index is -0.142. The minimum absolute atomic E-state index is 0.0994. The molecule has 1 aliphatic heterocycles. The highest BCUT2D eigenvalue weighted by molar-refractivity contribution is 7.99. The topological polar surface area (TPSA) is 60.0 Å². The Kier molecular flexibility index (Phi) is 7.07. The number of hydrogen-bond donors (Lipinski definition) is 1. The van der Waals surface area contributed by atoms with Crippen LogP contribution in [-0.2, 0) is 6.61 Å². The Morgan fingerprint density at radius 1 is 1.00 bits per heavy atom. The van der Waals surface area contributed by atoms with Crippen LogP contribution in [-0.4, -0.2) is 37.4 Å². The third kappa shape index (κ3) is 5.11. The van der Waals surface area contributed by atoms with E-state index >= 15 is 0 Å². The number of amides is 2. The highest BCUT2D eigenvalue weighted by Gasteiger charge is 2.31. The number of nitrogens with zero attached hydrogens (tertiary/aromatic N) is 1. The van der Waals surface area contributed by atoms with Crippen LogP contribution >= 0.6 is 11.8 Å². The molecule has 3 aromatic carbocycles. The number of carbonyl (C=O) groups is 1. The van der Waals surface area contributed by atoms with Crippen LogP contribution in [0, 0.1) is 0 Å². The predicted molar refractivity (Wildman–Crippen MR) is 128 cm³/mol. The summed E-state index contributed by atoms with van der Waals surface area (Å²) in [4.78, 5) is 14.8. The number of hydrogen-bond acceptors (Lipinski definition) is 5. The van der Waals surface area contributed by atoms with Crippen molar-refractivity contribution >= 4 is 23.5 Å². The summed E-state index contributed by atoms with van der Waals surface area (Å²) >= 11 is 1.73. The van der Waals surface area contributed by atoms with Gasteiger partial charge in [-0.25, -0.2) is 4.79 Å². The number of benzene rings is 3. The van der Waals surface area contributed by atoms with Gasteiger partial charge in [-0.3, -0.25) is 0 Å². The maximum Gasteiger partial charge on any atom is 0.323 e. The van der Waals surface area contributed by atoms with Gasteiger partial charge < -0.3 is 24.4 Å². The molecule has 0 saturated carbocycles. The van der Waals surface area contributed by atoms with Crippen molar-refractivity contribution in [1.29, 1.82) is 0 Å². The molecule has 0 bridgehead atoms. The van der Waals surface area contributed by atoms with Crippen molar-refractivity contribution in [2.45, 2.75) is 12.0 Å². The molecule has 0 radical (unpaired) electrons. The summed E-state index contributed by atoms with van der Waals surface area (Å²) in [5, 5.41) is 2.88. The van der Waals surface area contributed by atoms with E-state index < -0.39 is 0 Å². The molecule has 7 heteroatoms. The second-order valence-electron chi connectivity index (χ2n) is 7.26. The van der Waals surface area contributed by atoms with Crippen LogP contribution in [0.4, 0.5) is 10.5 Å². The van der Waals surface area contributed by atoms with Gasteiger partial charge in [0.25, 0.3) is 0 Å². The van der Waals surface area contributed by atoms with Crippen LogP contribution < -0.4 is 19.5 Å². The molecule has 3 aromatic rings. The van der Waals surface area contributed by atoms with Gasteiger partial charge >= 0.3 is 6.03 Å². The van der Waals surface area contributed by atoms with Crippen LogP contribution in [0.2, 0.25) is 0 Å². The van der Waals surface area contributed by atoms with Gasteiger partial charge in [-0.2, -0.15) is 0 Å². The van der Waals surface area contributed by atoms with Gasteiger partial charge in [0, 0.05) is 24.1 Å². The molecular formula is C25H26N2O4S. The summed E-state index contributed by atoms with van der Waals surface area (Å²) in [6, 6.07) is 23.1. The first-order valence-electron chi connectivity index (χ1n) is 10.4. The summed E-state index contributed by atoms with van der Waals surface area (Å²) in [6.07, 6.45) is 0. The maximum absolute atomic E-state index is 13.0. The molecule has 32 heavy (non-hydrogen) atoms. The van der Waals surface area contributed by atoms with Crippen molar-refractivity contribution in [1.82, 2.24) is 4.90 Å². The molecule has 2 amide bonds. The normalized spacial score (nSPS) is 15.3. The zero-order chi connectivity index (χ0) is 22.3. The number of rotatable bonds is 7. The first-order chi connectivity index (χ1) is 15.7. The molecule has 166 valence electrons. The highest BCUT2D eigenvalue weighted by Crippen LogP contribution is 2.41. The Bertz CT molecular complexity index is 1060. The number of ether oxygens (including phenoxy) is 3. The lowest BCUT2D eigenvalue weighted by Crippen LogP contribution is -2.34. The molecule has 0 aliphatic carbocycles. The molecule has 1 unspecified atom stereocenters. The monoisotopic (exact) mass is 450 g/mol.